The van der Waals surface area contributed by atoms with Gasteiger partial charge in [0.1, 0.15) is 6.61 Å². The van der Waals surface area contributed by atoms with Gasteiger partial charge in [-0.3, -0.25) is 4.99 Å². The Kier molecular flexibility index (Phi) is 7.31. The molecule has 0 aromatic heterocycles. The number of methoxy groups -OCH3 is 1. The van der Waals surface area contributed by atoms with E-state index in [9.17, 15) is 0 Å². The number of hydrogen-bond acceptors (Lipinski definition) is 3. The summed E-state index contributed by atoms with van der Waals surface area (Å²) in [6.45, 7) is 2.16. The number of halogens is 4. The minimum absolute atomic E-state index is 0.224. The smallest absolute Gasteiger partial charge is 0.180 e. The first kappa shape index (κ1) is 21.8. The first-order valence-corrected chi connectivity index (χ1v) is 10.1. The molecule has 3 nitrogen and oxygen atoms in total. The summed E-state index contributed by atoms with van der Waals surface area (Å²) in [5, 5.41) is 2.15. The van der Waals surface area contributed by atoms with E-state index in [2.05, 4.69) is 4.99 Å². The highest BCUT2D eigenvalue weighted by Crippen LogP contribution is 2.37. The van der Waals surface area contributed by atoms with Crippen molar-refractivity contribution in [1.82, 2.24) is 0 Å². The molecule has 0 aliphatic rings. The molecule has 0 unspecified atom stereocenters. The summed E-state index contributed by atoms with van der Waals surface area (Å²) in [6.07, 6.45) is 1.69. The Bertz CT molecular complexity index is 1070. The largest absolute Gasteiger partial charge is 0.493 e. The summed E-state index contributed by atoms with van der Waals surface area (Å²) in [5.74, 6) is 0.918. The molecule has 3 aromatic rings. The quantitative estimate of drug-likeness (QED) is 0.343. The molecule has 29 heavy (non-hydrogen) atoms. The van der Waals surface area contributed by atoms with Crippen LogP contribution < -0.4 is 9.47 Å². The average molecular weight is 469 g/mol. The number of hydrogen-bond donors (Lipinski definition) is 0. The fourth-order valence-corrected chi connectivity index (χ4v) is 3.47. The van der Waals surface area contributed by atoms with Gasteiger partial charge in [0.05, 0.1) is 17.8 Å². The van der Waals surface area contributed by atoms with Crippen LogP contribution in [0.3, 0.4) is 0 Å². The second-order valence-electron chi connectivity index (χ2n) is 6.25. The second-order valence-corrected chi connectivity index (χ2v) is 7.91. The van der Waals surface area contributed by atoms with Crippen molar-refractivity contribution in [2.45, 2.75) is 13.5 Å². The van der Waals surface area contributed by atoms with Crippen molar-refractivity contribution < 1.29 is 9.47 Å². The lowest BCUT2D eigenvalue weighted by Gasteiger charge is -2.14. The van der Waals surface area contributed by atoms with E-state index < -0.39 is 0 Å². The van der Waals surface area contributed by atoms with Gasteiger partial charge in [0.25, 0.3) is 0 Å². The lowest BCUT2D eigenvalue weighted by molar-refractivity contribution is 0.285. The van der Waals surface area contributed by atoms with Crippen molar-refractivity contribution in [3.63, 3.8) is 0 Å². The molecule has 0 aliphatic heterocycles. The molecule has 0 saturated carbocycles. The molecule has 0 heterocycles. The van der Waals surface area contributed by atoms with Gasteiger partial charge >= 0.3 is 0 Å². The van der Waals surface area contributed by atoms with Gasteiger partial charge in [-0.2, -0.15) is 0 Å². The van der Waals surface area contributed by atoms with E-state index in [1.54, 1.807) is 49.7 Å². The zero-order valence-corrected chi connectivity index (χ0v) is 18.7. The average Bonchev–Trinajstić information content (AvgIpc) is 2.69. The fraction of sp³-hybridized carbons (Fsp3) is 0.136. The number of rotatable bonds is 6. The minimum atomic E-state index is 0.224. The predicted octanol–water partition coefficient (Wildman–Crippen LogP) is 7.95. The van der Waals surface area contributed by atoms with E-state index in [4.69, 9.17) is 55.9 Å². The third kappa shape index (κ3) is 5.58. The number of benzene rings is 3. The van der Waals surface area contributed by atoms with Gasteiger partial charge in [-0.05, 0) is 54.4 Å². The van der Waals surface area contributed by atoms with Crippen molar-refractivity contribution in [2.24, 2.45) is 4.99 Å². The molecule has 0 radical (unpaired) electrons. The van der Waals surface area contributed by atoms with Gasteiger partial charge in [-0.15, -0.1) is 0 Å². The van der Waals surface area contributed by atoms with Crippen LogP contribution in [0.1, 0.15) is 16.7 Å². The Morgan fingerprint density at radius 3 is 2.38 bits per heavy atom. The lowest BCUT2D eigenvalue weighted by atomic mass is 10.2. The highest BCUT2D eigenvalue weighted by atomic mass is 35.5. The van der Waals surface area contributed by atoms with E-state index in [0.717, 1.165) is 22.4 Å². The lowest BCUT2D eigenvalue weighted by Crippen LogP contribution is -2.00. The molecule has 7 heteroatoms. The Hall–Kier alpha value is -1.91. The van der Waals surface area contributed by atoms with Crippen LogP contribution in [0.4, 0.5) is 5.69 Å². The number of aliphatic imine (C=N–C) groups is 1. The summed E-state index contributed by atoms with van der Waals surface area (Å²) in [7, 11) is 1.55. The minimum Gasteiger partial charge on any atom is -0.493 e. The van der Waals surface area contributed by atoms with Gasteiger partial charge in [0.2, 0.25) is 0 Å². The van der Waals surface area contributed by atoms with Gasteiger partial charge in [0, 0.05) is 26.8 Å². The predicted molar refractivity (Wildman–Crippen MR) is 122 cm³/mol. The van der Waals surface area contributed by atoms with Crippen molar-refractivity contribution in [1.29, 1.82) is 0 Å². The molecule has 0 saturated heterocycles. The van der Waals surface area contributed by atoms with Crippen LogP contribution in [-0.2, 0) is 6.61 Å². The Labute approximate surface area is 189 Å². The molecule has 0 aliphatic carbocycles. The second kappa shape index (κ2) is 9.73. The number of ether oxygens (including phenoxy) is 2. The summed E-state index contributed by atoms with van der Waals surface area (Å²) in [5.41, 5.74) is 3.29. The Morgan fingerprint density at radius 1 is 0.897 bits per heavy atom. The molecular formula is C22H17Cl4NO2. The van der Waals surface area contributed by atoms with Crippen LogP contribution in [0.15, 0.2) is 53.5 Å². The molecule has 0 fully saturated rings. The van der Waals surface area contributed by atoms with E-state index in [0.29, 0.717) is 31.6 Å². The maximum atomic E-state index is 6.43. The first-order chi connectivity index (χ1) is 13.9. The topological polar surface area (TPSA) is 30.8 Å². The maximum Gasteiger partial charge on any atom is 0.180 e. The highest BCUT2D eigenvalue weighted by Gasteiger charge is 2.13. The molecule has 0 spiro atoms. The third-order valence-electron chi connectivity index (χ3n) is 4.16. The van der Waals surface area contributed by atoms with Crippen molar-refractivity contribution in [3.8, 4) is 11.5 Å². The molecule has 0 N–H and O–H groups in total. The number of nitrogens with zero attached hydrogens (tertiary/aromatic N) is 1. The summed E-state index contributed by atoms with van der Waals surface area (Å²) < 4.78 is 11.3. The standard InChI is InChI=1S/C22H17Cl4NO2/c1-13-3-6-17(10-18(13)24)27-11-14-7-20(26)22(21(8-14)28-2)29-12-15-4-5-16(23)9-19(15)25/h3-11H,12H2,1-2H3. The fourth-order valence-electron chi connectivity index (χ4n) is 2.55. The van der Waals surface area contributed by atoms with Crippen LogP contribution in [-0.4, -0.2) is 13.3 Å². The summed E-state index contributed by atoms with van der Waals surface area (Å²) >= 11 is 24.7. The zero-order chi connectivity index (χ0) is 21.0. The van der Waals surface area contributed by atoms with Gasteiger partial charge < -0.3 is 9.47 Å². The van der Waals surface area contributed by atoms with Crippen molar-refractivity contribution >= 4 is 58.3 Å². The van der Waals surface area contributed by atoms with E-state index >= 15 is 0 Å². The molecule has 150 valence electrons. The van der Waals surface area contributed by atoms with Crippen LogP contribution in [0.25, 0.3) is 0 Å². The van der Waals surface area contributed by atoms with Gasteiger partial charge in [-0.25, -0.2) is 0 Å². The van der Waals surface area contributed by atoms with Crippen molar-refractivity contribution in [3.05, 3.63) is 85.3 Å². The Morgan fingerprint density at radius 2 is 1.69 bits per heavy atom. The SMILES string of the molecule is COc1cc(C=Nc2ccc(C)c(Cl)c2)cc(Cl)c1OCc1ccc(Cl)cc1Cl. The molecular weight excluding hydrogens is 452 g/mol. The van der Waals surface area contributed by atoms with Gasteiger partial charge in [0.15, 0.2) is 11.5 Å². The molecule has 0 amide bonds. The highest BCUT2D eigenvalue weighted by molar-refractivity contribution is 6.35. The molecule has 0 bridgehead atoms. The van der Waals surface area contributed by atoms with E-state index in [1.165, 1.54) is 0 Å². The maximum absolute atomic E-state index is 6.43. The normalized spacial score (nSPS) is 11.1. The monoisotopic (exact) mass is 467 g/mol. The summed E-state index contributed by atoms with van der Waals surface area (Å²) in [4.78, 5) is 4.44. The zero-order valence-electron chi connectivity index (χ0n) is 15.7. The van der Waals surface area contributed by atoms with Crippen molar-refractivity contribution in [2.75, 3.05) is 7.11 Å². The third-order valence-corrected chi connectivity index (χ3v) is 5.43. The summed E-state index contributed by atoms with van der Waals surface area (Å²) in [6, 6.07) is 14.4. The van der Waals surface area contributed by atoms with Crippen LogP contribution in [0.5, 0.6) is 11.5 Å². The Balaban J connectivity index is 1.81. The first-order valence-electron chi connectivity index (χ1n) is 8.62. The van der Waals surface area contributed by atoms with Crippen LogP contribution >= 0.6 is 46.4 Å². The van der Waals surface area contributed by atoms with E-state index in [-0.39, 0.29) is 6.61 Å². The van der Waals surface area contributed by atoms with Crippen LogP contribution in [0, 0.1) is 6.92 Å². The van der Waals surface area contributed by atoms with Gasteiger partial charge in [-0.1, -0.05) is 58.5 Å². The van der Waals surface area contributed by atoms with Crippen LogP contribution in [0.2, 0.25) is 20.1 Å². The van der Waals surface area contributed by atoms with E-state index in [1.807, 2.05) is 19.1 Å². The molecule has 3 aromatic carbocycles. The molecule has 3 rings (SSSR count). The molecule has 0 atom stereocenters. The number of aryl methyl sites for hydroxylation is 1.